The molecule has 0 aliphatic carbocycles. The molecule has 0 atom stereocenters. The van der Waals surface area contributed by atoms with Crippen molar-refractivity contribution in [1.29, 1.82) is 0 Å². The van der Waals surface area contributed by atoms with Crippen LogP contribution in [0, 0.1) is 6.92 Å². The summed E-state index contributed by atoms with van der Waals surface area (Å²) in [5.74, 6) is -2.19. The maximum Gasteiger partial charge on any atom is 0.310 e. The number of benzene rings is 2. The first-order valence-corrected chi connectivity index (χ1v) is 11.1. The summed E-state index contributed by atoms with van der Waals surface area (Å²) in [6.45, 7) is 1.73. The van der Waals surface area contributed by atoms with Gasteiger partial charge in [-0.3, -0.25) is 25.2 Å². The number of aromatic nitrogens is 2. The smallest absolute Gasteiger partial charge is 0.310 e. The molecule has 0 unspecified atom stereocenters. The van der Waals surface area contributed by atoms with E-state index >= 15 is 0 Å². The van der Waals surface area contributed by atoms with E-state index in [1.807, 2.05) is 47.8 Å². The Balaban J connectivity index is 1.40. The number of pyridine rings is 1. The number of Topliss-reactive ketones (excluding diaryl/α,β-unsaturated/α-hetero) is 1. The molecule has 0 aliphatic rings. The van der Waals surface area contributed by atoms with E-state index in [0.717, 1.165) is 10.4 Å². The van der Waals surface area contributed by atoms with Crippen LogP contribution >= 0.6 is 11.3 Å². The van der Waals surface area contributed by atoms with Crippen LogP contribution in [0.1, 0.15) is 26.4 Å². The molecule has 0 fully saturated rings. The van der Waals surface area contributed by atoms with Crippen molar-refractivity contribution >= 4 is 50.7 Å². The number of fused-ring (bicyclic) bond motifs is 2. The molecule has 3 aromatic heterocycles. The van der Waals surface area contributed by atoms with Gasteiger partial charge >= 0.3 is 5.91 Å². The maximum atomic E-state index is 13.0. The molecule has 162 valence electrons. The minimum atomic E-state index is -0.923. The van der Waals surface area contributed by atoms with Crippen LogP contribution in [0.25, 0.3) is 32.4 Å². The summed E-state index contributed by atoms with van der Waals surface area (Å²) >= 11 is 1.52. The van der Waals surface area contributed by atoms with Crippen LogP contribution in [0.3, 0.4) is 0 Å². The molecule has 0 spiro atoms. The first-order chi connectivity index (χ1) is 16.0. The molecule has 3 heterocycles. The second-order valence-corrected chi connectivity index (χ2v) is 8.41. The molecule has 0 saturated carbocycles. The van der Waals surface area contributed by atoms with E-state index in [1.54, 1.807) is 31.2 Å². The van der Waals surface area contributed by atoms with Crippen LogP contribution in [0.2, 0.25) is 0 Å². The SMILES string of the molecule is Cc1[nH]c2ccccc2c1C(=O)C(=O)NNC(=O)c1cc(-c2cccs2)nc2ccccc12. The second-order valence-electron chi connectivity index (χ2n) is 7.46. The van der Waals surface area contributed by atoms with Gasteiger partial charge in [0.25, 0.3) is 11.7 Å². The lowest BCUT2D eigenvalue weighted by molar-refractivity contribution is -0.117. The average molecular weight is 455 g/mol. The lowest BCUT2D eigenvalue weighted by Crippen LogP contribution is -2.45. The topological polar surface area (TPSA) is 104 Å². The molecule has 0 aliphatic heterocycles. The summed E-state index contributed by atoms with van der Waals surface area (Å²) < 4.78 is 0. The number of hydrogen-bond acceptors (Lipinski definition) is 5. The number of aryl methyl sites for hydroxylation is 1. The van der Waals surface area contributed by atoms with E-state index in [0.29, 0.717) is 33.2 Å². The van der Waals surface area contributed by atoms with E-state index in [9.17, 15) is 14.4 Å². The van der Waals surface area contributed by atoms with Gasteiger partial charge in [-0.1, -0.05) is 42.5 Å². The highest BCUT2D eigenvalue weighted by molar-refractivity contribution is 7.13. The summed E-state index contributed by atoms with van der Waals surface area (Å²) in [6, 6.07) is 20.0. The molecular weight excluding hydrogens is 436 g/mol. The summed E-state index contributed by atoms with van der Waals surface area (Å²) in [7, 11) is 0. The third-order valence-corrected chi connectivity index (χ3v) is 6.24. The van der Waals surface area contributed by atoms with Crippen molar-refractivity contribution in [2.45, 2.75) is 6.92 Å². The van der Waals surface area contributed by atoms with Gasteiger partial charge in [0, 0.05) is 22.0 Å². The lowest BCUT2D eigenvalue weighted by Gasteiger charge is -2.10. The largest absolute Gasteiger partial charge is 0.358 e. The lowest BCUT2D eigenvalue weighted by atomic mass is 10.1. The van der Waals surface area contributed by atoms with Crippen LogP contribution in [-0.2, 0) is 4.79 Å². The predicted molar refractivity (Wildman–Crippen MR) is 128 cm³/mol. The van der Waals surface area contributed by atoms with Crippen molar-refractivity contribution in [3.05, 3.63) is 88.9 Å². The number of hydrogen-bond donors (Lipinski definition) is 3. The number of thiophene rings is 1. The number of aromatic amines is 1. The fraction of sp³-hybridized carbons (Fsp3) is 0.0400. The summed E-state index contributed by atoms with van der Waals surface area (Å²) in [5.41, 5.74) is 7.94. The van der Waals surface area contributed by atoms with Gasteiger partial charge in [-0.2, -0.15) is 0 Å². The first-order valence-electron chi connectivity index (χ1n) is 10.2. The highest BCUT2D eigenvalue weighted by atomic mass is 32.1. The number of rotatable bonds is 4. The zero-order valence-corrected chi connectivity index (χ0v) is 18.3. The van der Waals surface area contributed by atoms with Crippen LogP contribution in [0.5, 0.6) is 0 Å². The summed E-state index contributed by atoms with van der Waals surface area (Å²) in [6.07, 6.45) is 0. The molecule has 8 heteroatoms. The number of ketones is 1. The molecule has 5 rings (SSSR count). The minimum Gasteiger partial charge on any atom is -0.358 e. The van der Waals surface area contributed by atoms with E-state index < -0.39 is 17.6 Å². The van der Waals surface area contributed by atoms with Crippen molar-refractivity contribution in [2.24, 2.45) is 0 Å². The zero-order chi connectivity index (χ0) is 22.9. The molecule has 3 N–H and O–H groups in total. The molecule has 0 bridgehead atoms. The number of nitrogens with zero attached hydrogens (tertiary/aromatic N) is 1. The van der Waals surface area contributed by atoms with Crippen molar-refractivity contribution in [1.82, 2.24) is 20.8 Å². The third-order valence-electron chi connectivity index (χ3n) is 5.35. The quantitative estimate of drug-likeness (QED) is 0.213. The van der Waals surface area contributed by atoms with Crippen LogP contribution in [0.4, 0.5) is 0 Å². The Labute approximate surface area is 192 Å². The van der Waals surface area contributed by atoms with Gasteiger partial charge < -0.3 is 4.98 Å². The van der Waals surface area contributed by atoms with Gasteiger partial charge in [-0.05, 0) is 36.6 Å². The van der Waals surface area contributed by atoms with Gasteiger partial charge in [-0.25, -0.2) is 4.98 Å². The molecule has 2 aromatic carbocycles. The Morgan fingerprint density at radius 3 is 2.45 bits per heavy atom. The van der Waals surface area contributed by atoms with E-state index in [4.69, 9.17) is 0 Å². The summed E-state index contributed by atoms with van der Waals surface area (Å²) in [4.78, 5) is 47.1. The fourth-order valence-corrected chi connectivity index (χ4v) is 4.52. The molecule has 0 radical (unpaired) electrons. The number of amides is 2. The second kappa shape index (κ2) is 8.33. The van der Waals surface area contributed by atoms with Crippen LogP contribution in [0.15, 0.2) is 72.1 Å². The Morgan fingerprint density at radius 2 is 1.67 bits per heavy atom. The molecule has 33 heavy (non-hydrogen) atoms. The monoisotopic (exact) mass is 454 g/mol. The van der Waals surface area contributed by atoms with Crippen molar-refractivity contribution in [3.8, 4) is 10.6 Å². The molecule has 0 saturated heterocycles. The number of para-hydroxylation sites is 2. The van der Waals surface area contributed by atoms with Crippen LogP contribution < -0.4 is 10.9 Å². The molecule has 2 amide bonds. The third kappa shape index (κ3) is 3.77. The normalized spacial score (nSPS) is 10.9. The molecular formula is C25H18N4O3S. The summed E-state index contributed by atoms with van der Waals surface area (Å²) in [5, 5.41) is 3.23. The predicted octanol–water partition coefficient (Wildman–Crippen LogP) is 4.40. The maximum absolute atomic E-state index is 13.0. The Bertz CT molecular complexity index is 1540. The standard InChI is InChI=1S/C25H18N4O3S/c1-14-22(16-8-3-5-10-19(16)26-14)23(30)25(32)29-28-24(31)17-13-20(21-11-6-12-33-21)27-18-9-4-2-7-15(17)18/h2-13,26H,1H3,(H,28,31)(H,29,32). The van der Waals surface area contributed by atoms with Crippen LogP contribution in [-0.4, -0.2) is 27.6 Å². The number of hydrazine groups is 1. The first kappa shape index (κ1) is 20.6. The fourth-order valence-electron chi connectivity index (χ4n) is 3.83. The van der Waals surface area contributed by atoms with E-state index in [1.165, 1.54) is 11.3 Å². The average Bonchev–Trinajstić information content (AvgIpc) is 3.48. The van der Waals surface area contributed by atoms with Crippen molar-refractivity contribution < 1.29 is 14.4 Å². The van der Waals surface area contributed by atoms with E-state index in [2.05, 4.69) is 20.8 Å². The minimum absolute atomic E-state index is 0.284. The van der Waals surface area contributed by atoms with Gasteiger partial charge in [0.15, 0.2) is 0 Å². The zero-order valence-electron chi connectivity index (χ0n) is 17.5. The Morgan fingerprint density at radius 1 is 0.909 bits per heavy atom. The number of carbonyl (C=O) groups is 3. The van der Waals surface area contributed by atoms with Gasteiger partial charge in [0.2, 0.25) is 0 Å². The molecule has 7 nitrogen and oxygen atoms in total. The van der Waals surface area contributed by atoms with Gasteiger partial charge in [0.1, 0.15) is 0 Å². The number of carbonyl (C=O) groups excluding carboxylic acids is 3. The van der Waals surface area contributed by atoms with Gasteiger partial charge in [0.05, 0.1) is 27.2 Å². The highest BCUT2D eigenvalue weighted by Crippen LogP contribution is 2.28. The highest BCUT2D eigenvalue weighted by Gasteiger charge is 2.23. The van der Waals surface area contributed by atoms with E-state index in [-0.39, 0.29) is 5.56 Å². The van der Waals surface area contributed by atoms with Crippen molar-refractivity contribution in [2.75, 3.05) is 0 Å². The Hall–Kier alpha value is -4.30. The number of nitrogens with one attached hydrogen (secondary N) is 3. The van der Waals surface area contributed by atoms with Gasteiger partial charge in [-0.15, -0.1) is 11.3 Å². The number of H-pyrrole nitrogens is 1. The Kier molecular flexibility index (Phi) is 5.20. The molecule has 5 aromatic rings. The van der Waals surface area contributed by atoms with Crippen molar-refractivity contribution in [3.63, 3.8) is 0 Å².